The van der Waals surface area contributed by atoms with Gasteiger partial charge in [0.15, 0.2) is 0 Å². The number of hydrogen-bond donors (Lipinski definition) is 1. The molecule has 98 valence electrons. The van der Waals surface area contributed by atoms with Gasteiger partial charge in [-0.15, -0.1) is 0 Å². The smallest absolute Gasteiger partial charge is 0.219 e. The SMILES string of the molecule is CC(=O)N1CCN(c2ccc([C@@H](C)N)cc2)CC1. The minimum absolute atomic E-state index is 0.0774. The molecule has 1 aliphatic rings. The van der Waals surface area contributed by atoms with Crippen molar-refractivity contribution in [2.24, 2.45) is 5.73 Å². The summed E-state index contributed by atoms with van der Waals surface area (Å²) in [6.45, 7) is 7.04. The summed E-state index contributed by atoms with van der Waals surface area (Å²) in [5, 5.41) is 0. The standard InChI is InChI=1S/C14H21N3O/c1-11(15)13-3-5-14(6-4-13)17-9-7-16(8-10-17)12(2)18/h3-6,11H,7-10,15H2,1-2H3/t11-/m1/s1. The Balaban J connectivity index is 1.99. The second-order valence-corrected chi connectivity index (χ2v) is 4.87. The number of anilines is 1. The fraction of sp³-hybridized carbons (Fsp3) is 0.500. The molecule has 0 unspecified atom stereocenters. The lowest BCUT2D eigenvalue weighted by Gasteiger charge is -2.35. The van der Waals surface area contributed by atoms with Gasteiger partial charge in [0.25, 0.3) is 0 Å². The number of amides is 1. The monoisotopic (exact) mass is 247 g/mol. The average molecular weight is 247 g/mol. The molecule has 4 nitrogen and oxygen atoms in total. The van der Waals surface area contributed by atoms with Gasteiger partial charge in [0.2, 0.25) is 5.91 Å². The highest BCUT2D eigenvalue weighted by Gasteiger charge is 2.18. The van der Waals surface area contributed by atoms with E-state index in [4.69, 9.17) is 5.73 Å². The summed E-state index contributed by atoms with van der Waals surface area (Å²) < 4.78 is 0. The first-order valence-corrected chi connectivity index (χ1v) is 6.44. The summed E-state index contributed by atoms with van der Waals surface area (Å²) in [7, 11) is 0. The highest BCUT2D eigenvalue weighted by Crippen LogP contribution is 2.19. The first kappa shape index (κ1) is 12.9. The van der Waals surface area contributed by atoms with Crippen molar-refractivity contribution in [3.05, 3.63) is 29.8 Å². The first-order chi connectivity index (χ1) is 8.58. The third-order valence-electron chi connectivity index (χ3n) is 3.51. The highest BCUT2D eigenvalue weighted by atomic mass is 16.2. The molecule has 0 saturated carbocycles. The van der Waals surface area contributed by atoms with Crippen molar-refractivity contribution >= 4 is 11.6 Å². The zero-order valence-electron chi connectivity index (χ0n) is 11.1. The lowest BCUT2D eigenvalue weighted by atomic mass is 10.1. The van der Waals surface area contributed by atoms with E-state index in [2.05, 4.69) is 29.2 Å². The molecule has 0 radical (unpaired) electrons. The Morgan fingerprint density at radius 1 is 1.17 bits per heavy atom. The molecule has 0 aliphatic carbocycles. The molecular weight excluding hydrogens is 226 g/mol. The fourth-order valence-electron chi connectivity index (χ4n) is 2.27. The van der Waals surface area contributed by atoms with Gasteiger partial charge in [0.1, 0.15) is 0 Å². The van der Waals surface area contributed by atoms with E-state index in [1.54, 1.807) is 6.92 Å². The van der Waals surface area contributed by atoms with Gasteiger partial charge in [-0.1, -0.05) is 12.1 Å². The molecule has 1 aromatic rings. The molecule has 1 aromatic carbocycles. The molecule has 1 aliphatic heterocycles. The Kier molecular flexibility index (Phi) is 3.87. The molecular formula is C14H21N3O. The van der Waals surface area contributed by atoms with Gasteiger partial charge in [-0.05, 0) is 24.6 Å². The molecule has 0 spiro atoms. The Hall–Kier alpha value is -1.55. The summed E-state index contributed by atoms with van der Waals surface area (Å²) in [6.07, 6.45) is 0. The molecule has 1 amide bonds. The predicted octanol–water partition coefficient (Wildman–Crippen LogP) is 1.37. The Morgan fingerprint density at radius 2 is 1.72 bits per heavy atom. The predicted molar refractivity (Wildman–Crippen MR) is 73.5 cm³/mol. The molecule has 1 saturated heterocycles. The fourth-order valence-corrected chi connectivity index (χ4v) is 2.27. The number of piperazine rings is 1. The maximum Gasteiger partial charge on any atom is 0.219 e. The van der Waals surface area contributed by atoms with Crippen molar-refractivity contribution in [3.8, 4) is 0 Å². The number of nitrogens with two attached hydrogens (primary N) is 1. The van der Waals surface area contributed by atoms with E-state index in [1.807, 2.05) is 11.8 Å². The van der Waals surface area contributed by atoms with Crippen LogP contribution in [-0.4, -0.2) is 37.0 Å². The Labute approximate surface area is 108 Å². The van der Waals surface area contributed by atoms with Crippen LogP contribution in [-0.2, 0) is 4.79 Å². The molecule has 1 atom stereocenters. The quantitative estimate of drug-likeness (QED) is 0.859. The first-order valence-electron chi connectivity index (χ1n) is 6.44. The van der Waals surface area contributed by atoms with Crippen LogP contribution in [0.5, 0.6) is 0 Å². The number of nitrogens with zero attached hydrogens (tertiary/aromatic N) is 2. The van der Waals surface area contributed by atoms with E-state index in [0.29, 0.717) is 0 Å². The van der Waals surface area contributed by atoms with Crippen LogP contribution in [0.4, 0.5) is 5.69 Å². The molecule has 0 aromatic heterocycles. The zero-order valence-corrected chi connectivity index (χ0v) is 11.1. The molecule has 1 fully saturated rings. The molecule has 4 heteroatoms. The Morgan fingerprint density at radius 3 is 2.17 bits per heavy atom. The van der Waals surface area contributed by atoms with Gasteiger partial charge in [0, 0.05) is 44.8 Å². The van der Waals surface area contributed by atoms with Gasteiger partial charge in [-0.3, -0.25) is 4.79 Å². The van der Waals surface area contributed by atoms with Crippen molar-refractivity contribution in [3.63, 3.8) is 0 Å². The van der Waals surface area contributed by atoms with Crippen LogP contribution in [0.3, 0.4) is 0 Å². The Bertz CT molecular complexity index is 406. The topological polar surface area (TPSA) is 49.6 Å². The van der Waals surface area contributed by atoms with Gasteiger partial charge in [0.05, 0.1) is 0 Å². The van der Waals surface area contributed by atoms with Gasteiger partial charge in [-0.25, -0.2) is 0 Å². The van der Waals surface area contributed by atoms with Crippen LogP contribution in [0.1, 0.15) is 25.5 Å². The second kappa shape index (κ2) is 5.40. The number of hydrogen-bond acceptors (Lipinski definition) is 3. The minimum atomic E-state index is 0.0774. The summed E-state index contributed by atoms with van der Waals surface area (Å²) in [5.74, 6) is 0.168. The van der Waals surface area contributed by atoms with E-state index < -0.39 is 0 Å². The van der Waals surface area contributed by atoms with E-state index in [1.165, 1.54) is 5.69 Å². The molecule has 2 N–H and O–H groups in total. The van der Waals surface area contributed by atoms with Gasteiger partial charge in [-0.2, -0.15) is 0 Å². The second-order valence-electron chi connectivity index (χ2n) is 4.87. The maximum absolute atomic E-state index is 11.3. The lowest BCUT2D eigenvalue weighted by Crippen LogP contribution is -2.48. The molecule has 0 bridgehead atoms. The molecule has 18 heavy (non-hydrogen) atoms. The summed E-state index contributed by atoms with van der Waals surface area (Å²) in [5.41, 5.74) is 8.20. The van der Waals surface area contributed by atoms with E-state index in [0.717, 1.165) is 31.7 Å². The van der Waals surface area contributed by atoms with Crippen LogP contribution >= 0.6 is 0 Å². The summed E-state index contributed by atoms with van der Waals surface area (Å²) >= 11 is 0. The number of benzene rings is 1. The number of rotatable bonds is 2. The summed E-state index contributed by atoms with van der Waals surface area (Å²) in [6, 6.07) is 8.47. The minimum Gasteiger partial charge on any atom is -0.368 e. The van der Waals surface area contributed by atoms with Crippen molar-refractivity contribution in [1.82, 2.24) is 4.90 Å². The van der Waals surface area contributed by atoms with E-state index >= 15 is 0 Å². The van der Waals surface area contributed by atoms with Crippen molar-refractivity contribution < 1.29 is 4.79 Å². The van der Waals surface area contributed by atoms with Crippen LogP contribution < -0.4 is 10.6 Å². The van der Waals surface area contributed by atoms with Crippen molar-refractivity contribution in [2.45, 2.75) is 19.9 Å². The van der Waals surface area contributed by atoms with Crippen molar-refractivity contribution in [2.75, 3.05) is 31.1 Å². The van der Waals surface area contributed by atoms with Crippen LogP contribution in [0, 0.1) is 0 Å². The third kappa shape index (κ3) is 2.82. The lowest BCUT2D eigenvalue weighted by molar-refractivity contribution is -0.129. The largest absolute Gasteiger partial charge is 0.368 e. The number of carbonyl (C=O) groups is 1. The maximum atomic E-state index is 11.3. The highest BCUT2D eigenvalue weighted by molar-refractivity contribution is 5.73. The van der Waals surface area contributed by atoms with Crippen LogP contribution in [0.15, 0.2) is 24.3 Å². The molecule has 2 rings (SSSR count). The normalized spacial score (nSPS) is 17.7. The number of carbonyl (C=O) groups excluding carboxylic acids is 1. The van der Waals surface area contributed by atoms with Crippen molar-refractivity contribution in [1.29, 1.82) is 0 Å². The van der Waals surface area contributed by atoms with Crippen LogP contribution in [0.2, 0.25) is 0 Å². The summed E-state index contributed by atoms with van der Waals surface area (Å²) in [4.78, 5) is 15.5. The van der Waals surface area contributed by atoms with Gasteiger partial charge >= 0.3 is 0 Å². The van der Waals surface area contributed by atoms with E-state index in [9.17, 15) is 4.79 Å². The van der Waals surface area contributed by atoms with Gasteiger partial charge < -0.3 is 15.5 Å². The third-order valence-corrected chi connectivity index (χ3v) is 3.51. The van der Waals surface area contributed by atoms with Crippen LogP contribution in [0.25, 0.3) is 0 Å². The average Bonchev–Trinajstić information content (AvgIpc) is 2.39. The van der Waals surface area contributed by atoms with E-state index in [-0.39, 0.29) is 11.9 Å². The molecule has 1 heterocycles. The zero-order chi connectivity index (χ0) is 13.1.